The maximum Gasteiger partial charge on any atom is 0.115 e. The molecule has 0 radical (unpaired) electrons. The van der Waals surface area contributed by atoms with E-state index in [4.69, 9.17) is 4.74 Å². The van der Waals surface area contributed by atoms with Gasteiger partial charge in [0.2, 0.25) is 0 Å². The van der Waals surface area contributed by atoms with Crippen LogP contribution in [-0.2, 0) is 4.74 Å². The molecule has 2 nitrogen and oxygen atoms in total. The number of hydrogen-bond acceptors (Lipinski definition) is 2. The molecule has 2 fully saturated rings. The van der Waals surface area contributed by atoms with Crippen molar-refractivity contribution < 1.29 is 9.13 Å². The molecule has 1 aliphatic heterocycles. The number of ether oxygens (including phenoxy) is 1. The number of halogens is 1. The van der Waals surface area contributed by atoms with Crippen LogP contribution in [0.15, 0.2) is 0 Å². The Morgan fingerprint density at radius 1 is 1.08 bits per heavy atom. The lowest BCUT2D eigenvalue weighted by Gasteiger charge is -2.27. The minimum atomic E-state index is -0.608. The zero-order valence-electron chi connectivity index (χ0n) is 7.97. The van der Waals surface area contributed by atoms with Gasteiger partial charge in [-0.1, -0.05) is 0 Å². The second-order valence-corrected chi connectivity index (χ2v) is 4.11. The molecule has 13 heavy (non-hydrogen) atoms. The van der Waals surface area contributed by atoms with Gasteiger partial charge in [0.05, 0.1) is 0 Å². The lowest BCUT2D eigenvalue weighted by atomic mass is 10.1. The molecule has 2 atom stereocenters. The largest absolute Gasteiger partial charge is 0.381 e. The smallest absolute Gasteiger partial charge is 0.115 e. The Balaban J connectivity index is 1.75. The zero-order valence-corrected chi connectivity index (χ0v) is 7.97. The number of rotatable bonds is 2. The van der Waals surface area contributed by atoms with E-state index in [1.165, 1.54) is 0 Å². The fourth-order valence-electron chi connectivity index (χ4n) is 2.27. The first-order valence-electron chi connectivity index (χ1n) is 5.34. The number of alkyl halides is 1. The van der Waals surface area contributed by atoms with Gasteiger partial charge in [-0.3, -0.25) is 0 Å². The summed E-state index contributed by atoms with van der Waals surface area (Å²) in [4.78, 5) is 0. The summed E-state index contributed by atoms with van der Waals surface area (Å²) in [6.07, 6.45) is 4.29. The van der Waals surface area contributed by atoms with Crippen molar-refractivity contribution in [1.29, 1.82) is 0 Å². The summed E-state index contributed by atoms with van der Waals surface area (Å²) < 4.78 is 18.5. The summed E-state index contributed by atoms with van der Waals surface area (Å²) in [5, 5.41) is 3.41. The quantitative estimate of drug-likeness (QED) is 0.709. The van der Waals surface area contributed by atoms with Gasteiger partial charge in [-0.05, 0) is 32.1 Å². The van der Waals surface area contributed by atoms with Gasteiger partial charge >= 0.3 is 0 Å². The SMILES string of the molecule is F[C@H]1CCC[C@H]1NC1CCOCC1. The molecule has 2 aliphatic rings. The van der Waals surface area contributed by atoms with Crippen molar-refractivity contribution in [3.05, 3.63) is 0 Å². The van der Waals surface area contributed by atoms with Crippen molar-refractivity contribution in [2.24, 2.45) is 0 Å². The zero-order chi connectivity index (χ0) is 9.10. The number of nitrogens with one attached hydrogen (secondary N) is 1. The van der Waals surface area contributed by atoms with Crippen LogP contribution < -0.4 is 5.32 Å². The van der Waals surface area contributed by atoms with Crippen molar-refractivity contribution in [2.75, 3.05) is 13.2 Å². The molecule has 1 N–H and O–H groups in total. The van der Waals surface area contributed by atoms with E-state index < -0.39 is 6.17 Å². The highest BCUT2D eigenvalue weighted by Gasteiger charge is 2.29. The molecule has 0 aromatic rings. The Morgan fingerprint density at radius 3 is 2.46 bits per heavy atom. The molecule has 1 aliphatic carbocycles. The van der Waals surface area contributed by atoms with Crippen molar-refractivity contribution in [1.82, 2.24) is 5.32 Å². The molecule has 3 heteroatoms. The van der Waals surface area contributed by atoms with Crippen LogP contribution in [-0.4, -0.2) is 31.5 Å². The fraction of sp³-hybridized carbons (Fsp3) is 1.00. The topological polar surface area (TPSA) is 21.3 Å². The van der Waals surface area contributed by atoms with E-state index in [9.17, 15) is 4.39 Å². The third kappa shape index (κ3) is 2.41. The van der Waals surface area contributed by atoms with Crippen LogP contribution in [0.25, 0.3) is 0 Å². The van der Waals surface area contributed by atoms with Crippen molar-refractivity contribution >= 4 is 0 Å². The van der Waals surface area contributed by atoms with Gasteiger partial charge in [0.1, 0.15) is 6.17 Å². The minimum absolute atomic E-state index is 0.128. The van der Waals surface area contributed by atoms with E-state index in [0.29, 0.717) is 6.04 Å². The van der Waals surface area contributed by atoms with Gasteiger partial charge in [0.25, 0.3) is 0 Å². The fourth-order valence-corrected chi connectivity index (χ4v) is 2.27. The summed E-state index contributed by atoms with van der Waals surface area (Å²) in [6, 6.07) is 0.623. The Bertz CT molecular complexity index is 159. The number of hydrogen-bond donors (Lipinski definition) is 1. The van der Waals surface area contributed by atoms with Gasteiger partial charge in [-0.2, -0.15) is 0 Å². The van der Waals surface area contributed by atoms with Crippen LogP contribution >= 0.6 is 0 Å². The maximum absolute atomic E-state index is 13.2. The van der Waals surface area contributed by atoms with Gasteiger partial charge in [-0.25, -0.2) is 4.39 Å². The molecule has 0 spiro atoms. The van der Waals surface area contributed by atoms with Gasteiger partial charge < -0.3 is 10.1 Å². The Morgan fingerprint density at radius 2 is 1.85 bits per heavy atom. The van der Waals surface area contributed by atoms with Crippen LogP contribution in [0.1, 0.15) is 32.1 Å². The van der Waals surface area contributed by atoms with E-state index in [-0.39, 0.29) is 6.04 Å². The average molecular weight is 187 g/mol. The summed E-state index contributed by atoms with van der Waals surface area (Å²) >= 11 is 0. The van der Waals surface area contributed by atoms with E-state index in [0.717, 1.165) is 45.3 Å². The third-order valence-electron chi connectivity index (χ3n) is 3.10. The van der Waals surface area contributed by atoms with Gasteiger partial charge in [-0.15, -0.1) is 0 Å². The second-order valence-electron chi connectivity index (χ2n) is 4.11. The van der Waals surface area contributed by atoms with E-state index in [1.54, 1.807) is 0 Å². The average Bonchev–Trinajstić information content (AvgIpc) is 2.54. The highest BCUT2D eigenvalue weighted by Crippen LogP contribution is 2.23. The first-order valence-corrected chi connectivity index (χ1v) is 5.34. The molecule has 1 saturated heterocycles. The Kier molecular flexibility index (Phi) is 3.17. The van der Waals surface area contributed by atoms with Crippen LogP contribution in [0.4, 0.5) is 4.39 Å². The van der Waals surface area contributed by atoms with Crippen molar-refractivity contribution in [3.8, 4) is 0 Å². The summed E-state index contributed by atoms with van der Waals surface area (Å²) in [6.45, 7) is 1.67. The van der Waals surface area contributed by atoms with Gasteiger partial charge in [0.15, 0.2) is 0 Å². The van der Waals surface area contributed by atoms with Crippen molar-refractivity contribution in [3.63, 3.8) is 0 Å². The predicted octanol–water partition coefficient (Wildman–Crippen LogP) is 1.65. The molecule has 0 bridgehead atoms. The van der Waals surface area contributed by atoms with Crippen LogP contribution in [0, 0.1) is 0 Å². The molecule has 1 heterocycles. The van der Waals surface area contributed by atoms with E-state index >= 15 is 0 Å². The highest BCUT2D eigenvalue weighted by atomic mass is 19.1. The summed E-state index contributed by atoms with van der Waals surface area (Å²) in [7, 11) is 0. The Hall–Kier alpha value is -0.150. The van der Waals surface area contributed by atoms with Crippen LogP contribution in [0.3, 0.4) is 0 Å². The normalized spacial score (nSPS) is 36.7. The molecule has 0 amide bonds. The molecule has 2 rings (SSSR count). The van der Waals surface area contributed by atoms with Crippen LogP contribution in [0.5, 0.6) is 0 Å². The minimum Gasteiger partial charge on any atom is -0.381 e. The standard InChI is InChI=1S/C10H18FNO/c11-9-2-1-3-10(9)12-8-4-6-13-7-5-8/h8-10,12H,1-7H2/t9-,10+/m0/s1. The molecule has 0 aromatic heterocycles. The molecule has 76 valence electrons. The maximum atomic E-state index is 13.2. The summed E-state index contributed by atoms with van der Waals surface area (Å²) in [5.41, 5.74) is 0. The first-order chi connectivity index (χ1) is 6.36. The van der Waals surface area contributed by atoms with E-state index in [2.05, 4.69) is 5.32 Å². The van der Waals surface area contributed by atoms with Gasteiger partial charge in [0, 0.05) is 25.3 Å². The second kappa shape index (κ2) is 4.38. The summed E-state index contributed by atoms with van der Waals surface area (Å²) in [5.74, 6) is 0. The predicted molar refractivity (Wildman–Crippen MR) is 49.5 cm³/mol. The Labute approximate surface area is 78.8 Å². The molecule has 0 unspecified atom stereocenters. The molecular formula is C10H18FNO. The third-order valence-corrected chi connectivity index (χ3v) is 3.10. The van der Waals surface area contributed by atoms with E-state index in [1.807, 2.05) is 0 Å². The first kappa shape index (κ1) is 9.41. The lowest BCUT2D eigenvalue weighted by molar-refractivity contribution is 0.0719. The lowest BCUT2D eigenvalue weighted by Crippen LogP contribution is -2.43. The van der Waals surface area contributed by atoms with Crippen molar-refractivity contribution in [2.45, 2.75) is 50.4 Å². The highest BCUT2D eigenvalue weighted by molar-refractivity contribution is 4.86. The monoisotopic (exact) mass is 187 g/mol. The van der Waals surface area contributed by atoms with Crippen LogP contribution in [0.2, 0.25) is 0 Å². The molecule has 0 aromatic carbocycles. The molecular weight excluding hydrogens is 169 g/mol. The molecule has 1 saturated carbocycles.